The van der Waals surface area contributed by atoms with Crippen molar-refractivity contribution in [1.29, 1.82) is 0 Å². The molecule has 1 aromatic heterocycles. The Morgan fingerprint density at radius 2 is 2.47 bits per heavy atom. The molecule has 0 aliphatic carbocycles. The minimum atomic E-state index is 0.377. The zero-order chi connectivity index (χ0) is 10.7. The molecule has 1 saturated heterocycles. The third-order valence-electron chi connectivity index (χ3n) is 2.99. The molecule has 1 fully saturated rings. The van der Waals surface area contributed by atoms with Crippen LogP contribution in [0.2, 0.25) is 0 Å². The number of aromatic nitrogens is 1. The molecule has 2 rings (SSSR count). The molecule has 2 unspecified atom stereocenters. The van der Waals surface area contributed by atoms with Crippen molar-refractivity contribution in [3.05, 3.63) is 23.9 Å². The second-order valence-electron chi connectivity index (χ2n) is 4.22. The fourth-order valence-corrected chi connectivity index (χ4v) is 1.91. The Bertz CT molecular complexity index is 327. The number of ether oxygens (including phenoxy) is 1. The summed E-state index contributed by atoms with van der Waals surface area (Å²) in [6.07, 6.45) is 3.37. The normalized spacial score (nSPS) is 25.5. The first kappa shape index (κ1) is 10.4. The lowest BCUT2D eigenvalue weighted by Gasteiger charge is -2.15. The maximum atomic E-state index is 5.52. The lowest BCUT2D eigenvalue weighted by molar-refractivity contribution is 0.108. The second kappa shape index (κ2) is 4.62. The minimum absolute atomic E-state index is 0.377. The number of hydrogen-bond donors (Lipinski definition) is 1. The highest BCUT2D eigenvalue weighted by atomic mass is 16.5. The van der Waals surface area contributed by atoms with Crippen LogP contribution in [0, 0.1) is 12.8 Å². The Kier molecular flexibility index (Phi) is 3.21. The Labute approximate surface area is 90.9 Å². The van der Waals surface area contributed by atoms with Crippen molar-refractivity contribution < 1.29 is 4.74 Å². The summed E-state index contributed by atoms with van der Waals surface area (Å²) in [6, 6.07) is 4.08. The standard InChI is InChI=1S/C12H18N2O/c1-9-3-5-13-12(7-9)14-8-11-4-6-15-10(11)2/h3,5,7,10-11H,4,6,8H2,1-2H3,(H,13,14). The molecule has 2 heterocycles. The van der Waals surface area contributed by atoms with Crippen molar-refractivity contribution in [3.8, 4) is 0 Å². The number of nitrogens with one attached hydrogen (secondary N) is 1. The summed E-state index contributed by atoms with van der Waals surface area (Å²) in [5.41, 5.74) is 1.24. The maximum Gasteiger partial charge on any atom is 0.126 e. The quantitative estimate of drug-likeness (QED) is 0.823. The fourth-order valence-electron chi connectivity index (χ4n) is 1.91. The van der Waals surface area contributed by atoms with Gasteiger partial charge in [-0.05, 0) is 38.0 Å². The smallest absolute Gasteiger partial charge is 0.126 e. The van der Waals surface area contributed by atoms with E-state index in [1.807, 2.05) is 12.3 Å². The van der Waals surface area contributed by atoms with Gasteiger partial charge in [0.1, 0.15) is 5.82 Å². The average Bonchev–Trinajstić information content (AvgIpc) is 2.61. The van der Waals surface area contributed by atoms with Crippen molar-refractivity contribution in [1.82, 2.24) is 4.98 Å². The third-order valence-corrected chi connectivity index (χ3v) is 2.99. The van der Waals surface area contributed by atoms with Gasteiger partial charge in [-0.3, -0.25) is 0 Å². The molecule has 1 N–H and O–H groups in total. The average molecular weight is 206 g/mol. The van der Waals surface area contributed by atoms with Crippen molar-refractivity contribution >= 4 is 5.82 Å². The molecule has 1 aliphatic heterocycles. The van der Waals surface area contributed by atoms with Gasteiger partial charge in [0.25, 0.3) is 0 Å². The van der Waals surface area contributed by atoms with Crippen molar-refractivity contribution in [2.45, 2.75) is 26.4 Å². The van der Waals surface area contributed by atoms with Crippen LogP contribution < -0.4 is 5.32 Å². The van der Waals surface area contributed by atoms with E-state index < -0.39 is 0 Å². The van der Waals surface area contributed by atoms with Gasteiger partial charge in [-0.25, -0.2) is 4.98 Å². The largest absolute Gasteiger partial charge is 0.378 e. The SMILES string of the molecule is Cc1ccnc(NCC2CCOC2C)c1. The highest BCUT2D eigenvalue weighted by molar-refractivity contribution is 5.36. The van der Waals surface area contributed by atoms with E-state index in [4.69, 9.17) is 4.74 Å². The Morgan fingerprint density at radius 1 is 1.60 bits per heavy atom. The van der Waals surface area contributed by atoms with Gasteiger partial charge in [-0.1, -0.05) is 0 Å². The van der Waals surface area contributed by atoms with Crippen LogP contribution in [0.15, 0.2) is 18.3 Å². The van der Waals surface area contributed by atoms with E-state index in [1.165, 1.54) is 5.56 Å². The van der Waals surface area contributed by atoms with E-state index in [-0.39, 0.29) is 0 Å². The van der Waals surface area contributed by atoms with Crippen LogP contribution >= 0.6 is 0 Å². The predicted molar refractivity (Wildman–Crippen MR) is 61.0 cm³/mol. The lowest BCUT2D eigenvalue weighted by atomic mass is 10.0. The summed E-state index contributed by atoms with van der Waals surface area (Å²) in [7, 11) is 0. The maximum absolute atomic E-state index is 5.52. The first-order chi connectivity index (χ1) is 7.25. The minimum Gasteiger partial charge on any atom is -0.378 e. The van der Waals surface area contributed by atoms with E-state index in [2.05, 4.69) is 30.2 Å². The van der Waals surface area contributed by atoms with Crippen LogP contribution in [-0.2, 0) is 4.74 Å². The van der Waals surface area contributed by atoms with Gasteiger partial charge in [-0.15, -0.1) is 0 Å². The summed E-state index contributed by atoms with van der Waals surface area (Å²) in [5, 5.41) is 3.37. The third kappa shape index (κ3) is 2.69. The summed E-state index contributed by atoms with van der Waals surface area (Å²) in [5.74, 6) is 1.58. The van der Waals surface area contributed by atoms with E-state index in [0.717, 1.165) is 25.4 Å². The first-order valence-electron chi connectivity index (χ1n) is 5.54. The zero-order valence-electron chi connectivity index (χ0n) is 9.36. The van der Waals surface area contributed by atoms with Crippen LogP contribution in [0.5, 0.6) is 0 Å². The van der Waals surface area contributed by atoms with Crippen LogP contribution in [0.4, 0.5) is 5.82 Å². The summed E-state index contributed by atoms with van der Waals surface area (Å²) in [4.78, 5) is 4.27. The van der Waals surface area contributed by atoms with E-state index in [1.54, 1.807) is 0 Å². The topological polar surface area (TPSA) is 34.2 Å². The van der Waals surface area contributed by atoms with Gasteiger partial charge in [0.15, 0.2) is 0 Å². The van der Waals surface area contributed by atoms with Gasteiger partial charge >= 0.3 is 0 Å². The first-order valence-corrected chi connectivity index (χ1v) is 5.54. The molecule has 1 aromatic rings. The highest BCUT2D eigenvalue weighted by Gasteiger charge is 2.23. The molecule has 0 amide bonds. The zero-order valence-corrected chi connectivity index (χ0v) is 9.36. The number of rotatable bonds is 3. The van der Waals surface area contributed by atoms with Crippen molar-refractivity contribution in [2.75, 3.05) is 18.5 Å². The van der Waals surface area contributed by atoms with Crippen LogP contribution in [0.1, 0.15) is 18.9 Å². The second-order valence-corrected chi connectivity index (χ2v) is 4.22. The molecule has 2 atom stereocenters. The summed E-state index contributed by atoms with van der Waals surface area (Å²) < 4.78 is 5.52. The Hall–Kier alpha value is -1.09. The molecule has 0 aromatic carbocycles. The molecule has 3 nitrogen and oxygen atoms in total. The van der Waals surface area contributed by atoms with Crippen LogP contribution in [-0.4, -0.2) is 24.2 Å². The molecule has 0 saturated carbocycles. The predicted octanol–water partition coefficient (Wildman–Crippen LogP) is 2.23. The molecule has 15 heavy (non-hydrogen) atoms. The highest BCUT2D eigenvalue weighted by Crippen LogP contribution is 2.20. The van der Waals surface area contributed by atoms with E-state index in [0.29, 0.717) is 12.0 Å². The van der Waals surface area contributed by atoms with Crippen molar-refractivity contribution in [3.63, 3.8) is 0 Å². The van der Waals surface area contributed by atoms with Gasteiger partial charge < -0.3 is 10.1 Å². The molecular formula is C12H18N2O. The number of aryl methyl sites for hydroxylation is 1. The molecule has 1 aliphatic rings. The van der Waals surface area contributed by atoms with E-state index >= 15 is 0 Å². The molecule has 0 bridgehead atoms. The Balaban J connectivity index is 1.87. The van der Waals surface area contributed by atoms with Crippen molar-refractivity contribution in [2.24, 2.45) is 5.92 Å². The number of pyridine rings is 1. The fraction of sp³-hybridized carbons (Fsp3) is 0.583. The molecule has 0 radical (unpaired) electrons. The molecular weight excluding hydrogens is 188 g/mol. The molecule has 82 valence electrons. The van der Waals surface area contributed by atoms with Gasteiger partial charge in [-0.2, -0.15) is 0 Å². The van der Waals surface area contributed by atoms with Gasteiger partial charge in [0.2, 0.25) is 0 Å². The number of hydrogen-bond acceptors (Lipinski definition) is 3. The Morgan fingerprint density at radius 3 is 3.13 bits per heavy atom. The summed E-state index contributed by atoms with van der Waals surface area (Å²) >= 11 is 0. The van der Waals surface area contributed by atoms with Crippen LogP contribution in [0.25, 0.3) is 0 Å². The molecule has 3 heteroatoms. The summed E-state index contributed by atoms with van der Waals surface area (Å²) in [6.45, 7) is 6.07. The lowest BCUT2D eigenvalue weighted by Crippen LogP contribution is -2.21. The van der Waals surface area contributed by atoms with Gasteiger partial charge in [0.05, 0.1) is 6.10 Å². The monoisotopic (exact) mass is 206 g/mol. The van der Waals surface area contributed by atoms with Crippen LogP contribution in [0.3, 0.4) is 0 Å². The number of anilines is 1. The molecule has 0 spiro atoms. The van der Waals surface area contributed by atoms with Gasteiger partial charge in [0, 0.05) is 25.3 Å². The van der Waals surface area contributed by atoms with E-state index in [9.17, 15) is 0 Å². The number of nitrogens with zero attached hydrogens (tertiary/aromatic N) is 1.